The molecule has 0 aromatic carbocycles. The third-order valence-electron chi connectivity index (χ3n) is 10.2. The van der Waals surface area contributed by atoms with Gasteiger partial charge >= 0.3 is 11.9 Å². The summed E-state index contributed by atoms with van der Waals surface area (Å²) in [6.07, 6.45) is 7.61. The first kappa shape index (κ1) is 19.0. The Morgan fingerprint density at radius 1 is 1.17 bits per heavy atom. The van der Waals surface area contributed by atoms with Crippen LogP contribution in [0.4, 0.5) is 0 Å². The molecular weight excluding hydrogens is 384 g/mol. The molecule has 0 radical (unpaired) electrons. The molecule has 30 heavy (non-hydrogen) atoms. The second kappa shape index (κ2) is 5.56. The van der Waals surface area contributed by atoms with Crippen LogP contribution in [0.15, 0.2) is 11.6 Å². The zero-order chi connectivity index (χ0) is 21.1. The van der Waals surface area contributed by atoms with Gasteiger partial charge in [-0.25, -0.2) is 0 Å². The lowest BCUT2D eigenvalue weighted by atomic mass is 9.43. The molecule has 2 saturated heterocycles. The number of ether oxygens (including phenoxy) is 3. The van der Waals surface area contributed by atoms with E-state index in [2.05, 4.69) is 13.8 Å². The normalized spacial score (nSPS) is 53.2. The Hall–Kier alpha value is -1.69. The van der Waals surface area contributed by atoms with Crippen molar-refractivity contribution in [2.45, 2.75) is 82.5 Å². The van der Waals surface area contributed by atoms with Gasteiger partial charge in [0.15, 0.2) is 5.78 Å². The molecule has 0 N–H and O–H groups in total. The van der Waals surface area contributed by atoms with Crippen LogP contribution in [-0.4, -0.2) is 42.1 Å². The van der Waals surface area contributed by atoms with Crippen LogP contribution in [0.2, 0.25) is 0 Å². The smallest absolute Gasteiger partial charge is 0.309 e. The van der Waals surface area contributed by atoms with Crippen molar-refractivity contribution in [1.29, 1.82) is 0 Å². The molecule has 2 aliphatic heterocycles. The predicted molar refractivity (Wildman–Crippen MR) is 105 cm³/mol. The van der Waals surface area contributed by atoms with Crippen molar-refractivity contribution in [2.75, 3.05) is 7.11 Å². The molecule has 6 nitrogen and oxygen atoms in total. The van der Waals surface area contributed by atoms with Gasteiger partial charge in [-0.2, -0.15) is 0 Å². The minimum absolute atomic E-state index is 0.0303. The molecule has 2 spiro atoms. The van der Waals surface area contributed by atoms with E-state index in [1.807, 2.05) is 0 Å². The third-order valence-corrected chi connectivity index (χ3v) is 10.2. The number of epoxide rings is 1. The number of carbonyl (C=O) groups excluding carboxylic acids is 3. The Morgan fingerprint density at radius 3 is 2.67 bits per heavy atom. The molecule has 6 rings (SSSR count). The van der Waals surface area contributed by atoms with Gasteiger partial charge < -0.3 is 14.2 Å². The van der Waals surface area contributed by atoms with Crippen LogP contribution >= 0.6 is 0 Å². The summed E-state index contributed by atoms with van der Waals surface area (Å²) in [5.41, 5.74) is -0.175. The second-order valence-corrected chi connectivity index (χ2v) is 11.0. The highest BCUT2D eigenvalue weighted by molar-refractivity contribution is 5.92. The molecule has 6 heteroatoms. The predicted octanol–water partition coefficient (Wildman–Crippen LogP) is 3.12. The summed E-state index contributed by atoms with van der Waals surface area (Å²) in [6, 6.07) is 0. The van der Waals surface area contributed by atoms with E-state index in [0.29, 0.717) is 19.3 Å². The number of carbonyl (C=O) groups is 3. The highest BCUT2D eigenvalue weighted by Crippen LogP contribution is 2.78. The van der Waals surface area contributed by atoms with Crippen LogP contribution in [0.3, 0.4) is 0 Å². The summed E-state index contributed by atoms with van der Waals surface area (Å²) in [6.45, 7) is 4.51. The van der Waals surface area contributed by atoms with Crippen LogP contribution in [0.1, 0.15) is 65.2 Å². The van der Waals surface area contributed by atoms with Gasteiger partial charge in [-0.05, 0) is 50.5 Å². The number of hydrogen-bond acceptors (Lipinski definition) is 6. The molecule has 3 saturated carbocycles. The van der Waals surface area contributed by atoms with E-state index in [0.717, 1.165) is 37.7 Å². The lowest BCUT2D eigenvalue weighted by Gasteiger charge is -2.58. The van der Waals surface area contributed by atoms with Crippen molar-refractivity contribution in [2.24, 2.45) is 28.6 Å². The molecule has 0 unspecified atom stereocenters. The number of esters is 2. The van der Waals surface area contributed by atoms with E-state index in [4.69, 9.17) is 14.2 Å². The fourth-order valence-corrected chi connectivity index (χ4v) is 8.69. The molecule has 0 aromatic rings. The molecule has 162 valence electrons. The topological polar surface area (TPSA) is 82.2 Å². The zero-order valence-corrected chi connectivity index (χ0v) is 18.0. The Labute approximate surface area is 176 Å². The molecule has 0 aromatic heterocycles. The summed E-state index contributed by atoms with van der Waals surface area (Å²) in [5, 5.41) is 0. The summed E-state index contributed by atoms with van der Waals surface area (Å²) in [7, 11) is 1.45. The largest absolute Gasteiger partial charge is 0.469 e. The first-order chi connectivity index (χ1) is 14.2. The van der Waals surface area contributed by atoms with Crippen LogP contribution in [0.25, 0.3) is 0 Å². The van der Waals surface area contributed by atoms with Crippen LogP contribution in [0.5, 0.6) is 0 Å². The fourth-order valence-electron chi connectivity index (χ4n) is 8.69. The lowest BCUT2D eigenvalue weighted by Crippen LogP contribution is -2.63. The molecule has 2 heterocycles. The van der Waals surface area contributed by atoms with E-state index < -0.39 is 11.2 Å². The third kappa shape index (κ3) is 1.94. The fraction of sp³-hybridized carbons (Fsp3) is 0.792. The van der Waals surface area contributed by atoms with Crippen molar-refractivity contribution in [1.82, 2.24) is 0 Å². The van der Waals surface area contributed by atoms with Gasteiger partial charge in [0.05, 0.1) is 19.1 Å². The van der Waals surface area contributed by atoms with Crippen LogP contribution in [-0.2, 0) is 28.6 Å². The number of rotatable bonds is 1. The van der Waals surface area contributed by atoms with Crippen molar-refractivity contribution in [3.8, 4) is 0 Å². The lowest BCUT2D eigenvalue weighted by molar-refractivity contribution is -0.172. The first-order valence-electron chi connectivity index (χ1n) is 11.4. The van der Waals surface area contributed by atoms with Gasteiger partial charge in [0.1, 0.15) is 11.2 Å². The maximum atomic E-state index is 13.0. The number of ketones is 1. The van der Waals surface area contributed by atoms with E-state index in [-0.39, 0.29) is 52.4 Å². The Morgan fingerprint density at radius 2 is 1.97 bits per heavy atom. The molecular formula is C24H30O6. The molecule has 6 aliphatic rings. The molecule has 0 amide bonds. The maximum absolute atomic E-state index is 13.0. The Balaban J connectivity index is 1.49. The Bertz CT molecular complexity index is 907. The second-order valence-electron chi connectivity index (χ2n) is 11.0. The van der Waals surface area contributed by atoms with Crippen LogP contribution in [0, 0.1) is 28.6 Å². The van der Waals surface area contributed by atoms with E-state index in [1.165, 1.54) is 7.11 Å². The van der Waals surface area contributed by atoms with Crippen LogP contribution < -0.4 is 0 Å². The van der Waals surface area contributed by atoms with Crippen molar-refractivity contribution in [3.05, 3.63) is 11.6 Å². The van der Waals surface area contributed by atoms with Gasteiger partial charge in [-0.15, -0.1) is 0 Å². The summed E-state index contributed by atoms with van der Waals surface area (Å²) in [4.78, 5) is 37.4. The highest BCUT2D eigenvalue weighted by atomic mass is 16.6. The van der Waals surface area contributed by atoms with Crippen molar-refractivity contribution < 1.29 is 28.6 Å². The van der Waals surface area contributed by atoms with Gasteiger partial charge in [-0.1, -0.05) is 19.4 Å². The zero-order valence-electron chi connectivity index (χ0n) is 18.0. The standard InChI is InChI=1S/C24H30O6/c1-21-7-4-14(25)10-13(21)11-15(20(27)28-3)19-16-5-8-23(9-6-18(26)30-23)22(16,2)12-17-24(19,21)29-17/h10,15-17,19H,4-9,11-12H2,1-3H3/t15-,16-,17-,19-,21+,22+,23-,24-/m1/s1. The monoisotopic (exact) mass is 414 g/mol. The van der Waals surface area contributed by atoms with Gasteiger partial charge in [0.25, 0.3) is 0 Å². The van der Waals surface area contributed by atoms with E-state index >= 15 is 0 Å². The minimum Gasteiger partial charge on any atom is -0.469 e. The van der Waals surface area contributed by atoms with E-state index in [9.17, 15) is 14.4 Å². The Kier molecular flexibility index (Phi) is 3.53. The number of hydrogen-bond donors (Lipinski definition) is 0. The average Bonchev–Trinajstić information content (AvgIpc) is 3.20. The minimum atomic E-state index is -0.424. The van der Waals surface area contributed by atoms with Crippen molar-refractivity contribution >= 4 is 17.7 Å². The van der Waals surface area contributed by atoms with Gasteiger partial charge in [0, 0.05) is 29.6 Å². The average molecular weight is 414 g/mol. The van der Waals surface area contributed by atoms with Gasteiger partial charge in [-0.3, -0.25) is 14.4 Å². The summed E-state index contributed by atoms with van der Waals surface area (Å²) in [5.74, 6) is -0.201. The highest BCUT2D eigenvalue weighted by Gasteiger charge is 2.83. The van der Waals surface area contributed by atoms with Crippen molar-refractivity contribution in [3.63, 3.8) is 0 Å². The quantitative estimate of drug-likeness (QED) is 0.484. The number of methoxy groups -OCH3 is 1. The molecule has 8 atom stereocenters. The SMILES string of the molecule is COC(=O)[C@@H]1CC2=CC(=O)CC[C@]2(C)[C@@]23O[C@@H]2C[C@@]2(C)[C@H](CC[C@@]24CCC(=O)O4)[C@@H]13. The maximum Gasteiger partial charge on any atom is 0.309 e. The number of fused-ring (bicyclic) bond motifs is 4. The summed E-state index contributed by atoms with van der Waals surface area (Å²) < 4.78 is 17.9. The molecule has 4 aliphatic carbocycles. The summed E-state index contributed by atoms with van der Waals surface area (Å²) >= 11 is 0. The van der Waals surface area contributed by atoms with E-state index in [1.54, 1.807) is 6.08 Å². The van der Waals surface area contributed by atoms with Gasteiger partial charge in [0.2, 0.25) is 0 Å². The molecule has 0 bridgehead atoms. The first-order valence-corrected chi connectivity index (χ1v) is 11.4. The molecule has 5 fully saturated rings.